The zero-order chi connectivity index (χ0) is 16.9. The highest BCUT2D eigenvalue weighted by molar-refractivity contribution is 8.00. The van der Waals surface area contributed by atoms with E-state index in [0.717, 1.165) is 22.2 Å². The van der Waals surface area contributed by atoms with Crippen molar-refractivity contribution >= 4 is 40.0 Å². The molecule has 0 atom stereocenters. The molecule has 0 fully saturated rings. The largest absolute Gasteiger partial charge is 0.360 e. The summed E-state index contributed by atoms with van der Waals surface area (Å²) >= 11 is 1.32. The zero-order valence-corrected chi connectivity index (χ0v) is 14.2. The number of fused-ring (bicyclic) bond motifs is 1. The number of rotatable bonds is 6. The lowest BCUT2D eigenvalue weighted by Gasteiger charge is -2.05. The number of ketones is 1. The molecule has 0 saturated heterocycles. The van der Waals surface area contributed by atoms with Crippen molar-refractivity contribution in [3.8, 4) is 0 Å². The first-order valence-electron chi connectivity index (χ1n) is 7.67. The van der Waals surface area contributed by atoms with Crippen molar-refractivity contribution in [2.45, 2.75) is 6.92 Å². The lowest BCUT2D eigenvalue weighted by molar-refractivity contribution is -0.113. The number of anilines is 1. The molecule has 3 aromatic rings. The Bertz CT molecular complexity index is 886. The van der Waals surface area contributed by atoms with Gasteiger partial charge in [-0.25, -0.2) is 0 Å². The van der Waals surface area contributed by atoms with Gasteiger partial charge in [0.1, 0.15) is 0 Å². The number of aromatic nitrogens is 1. The van der Waals surface area contributed by atoms with Crippen LogP contribution >= 0.6 is 11.8 Å². The van der Waals surface area contributed by atoms with E-state index >= 15 is 0 Å². The number of nitrogens with one attached hydrogen (secondary N) is 2. The van der Waals surface area contributed by atoms with Gasteiger partial charge in [-0.1, -0.05) is 30.3 Å². The summed E-state index contributed by atoms with van der Waals surface area (Å²) in [7, 11) is 0. The van der Waals surface area contributed by atoms with Crippen molar-refractivity contribution in [3.05, 3.63) is 65.9 Å². The van der Waals surface area contributed by atoms with Gasteiger partial charge in [0.05, 0.1) is 11.5 Å². The smallest absolute Gasteiger partial charge is 0.234 e. The van der Waals surface area contributed by atoms with Crippen LogP contribution in [0, 0.1) is 6.92 Å². The Morgan fingerprint density at radius 2 is 1.92 bits per heavy atom. The Morgan fingerprint density at radius 3 is 2.75 bits per heavy atom. The number of carbonyl (C=O) groups excluding carboxylic acids is 2. The first kappa shape index (κ1) is 16.3. The topological polar surface area (TPSA) is 62.0 Å². The Morgan fingerprint density at radius 1 is 1.08 bits per heavy atom. The molecule has 24 heavy (non-hydrogen) atoms. The van der Waals surface area contributed by atoms with E-state index in [1.165, 1.54) is 11.8 Å². The summed E-state index contributed by atoms with van der Waals surface area (Å²) in [4.78, 5) is 27.4. The number of benzene rings is 2. The number of aryl methyl sites for hydroxylation is 1. The van der Waals surface area contributed by atoms with Crippen LogP contribution in [0.1, 0.15) is 15.9 Å². The SMILES string of the molecule is Cc1cccc(NC(=O)CSCC(=O)c2c[nH]c3ccccc23)c1. The van der Waals surface area contributed by atoms with Crippen molar-refractivity contribution in [1.29, 1.82) is 0 Å². The van der Waals surface area contributed by atoms with E-state index < -0.39 is 0 Å². The maximum Gasteiger partial charge on any atom is 0.234 e. The van der Waals surface area contributed by atoms with E-state index in [2.05, 4.69) is 10.3 Å². The number of para-hydroxylation sites is 1. The molecular formula is C19H18N2O2S. The van der Waals surface area contributed by atoms with Crippen molar-refractivity contribution in [2.75, 3.05) is 16.8 Å². The van der Waals surface area contributed by atoms with Crippen LogP contribution in [0.4, 0.5) is 5.69 Å². The molecule has 2 aromatic carbocycles. The molecule has 0 aliphatic carbocycles. The average molecular weight is 338 g/mol. The molecule has 1 heterocycles. The van der Waals surface area contributed by atoms with E-state index in [0.29, 0.717) is 5.56 Å². The summed E-state index contributed by atoms with van der Waals surface area (Å²) in [6.45, 7) is 1.98. The number of aromatic amines is 1. The fourth-order valence-corrected chi connectivity index (χ4v) is 3.24. The second-order valence-electron chi connectivity index (χ2n) is 5.58. The maximum atomic E-state index is 12.3. The first-order chi connectivity index (χ1) is 11.6. The van der Waals surface area contributed by atoms with Gasteiger partial charge in [-0.3, -0.25) is 9.59 Å². The summed E-state index contributed by atoms with van der Waals surface area (Å²) in [5.74, 6) is 0.462. The Labute approximate surface area is 144 Å². The van der Waals surface area contributed by atoms with Crippen LogP contribution in [0.2, 0.25) is 0 Å². The standard InChI is InChI=1S/C19H18N2O2S/c1-13-5-4-6-14(9-13)21-19(23)12-24-11-18(22)16-10-20-17-8-3-2-7-15(16)17/h2-10,20H,11-12H2,1H3,(H,21,23). The van der Waals surface area contributed by atoms with Gasteiger partial charge < -0.3 is 10.3 Å². The molecule has 0 bridgehead atoms. The zero-order valence-electron chi connectivity index (χ0n) is 13.3. The summed E-state index contributed by atoms with van der Waals surface area (Å²) in [6.07, 6.45) is 1.74. The molecule has 5 heteroatoms. The average Bonchev–Trinajstić information content (AvgIpc) is 2.99. The molecule has 0 aliphatic heterocycles. The molecule has 0 radical (unpaired) electrons. The molecule has 4 nitrogen and oxygen atoms in total. The lowest BCUT2D eigenvalue weighted by Crippen LogP contribution is -2.15. The number of H-pyrrole nitrogens is 1. The number of thioether (sulfide) groups is 1. The van der Waals surface area contributed by atoms with Crippen LogP contribution < -0.4 is 5.32 Å². The first-order valence-corrected chi connectivity index (χ1v) is 8.82. The highest BCUT2D eigenvalue weighted by Gasteiger charge is 2.12. The summed E-state index contributed by atoms with van der Waals surface area (Å²) < 4.78 is 0. The van der Waals surface area contributed by atoms with Crippen molar-refractivity contribution in [2.24, 2.45) is 0 Å². The van der Waals surface area contributed by atoms with Gasteiger partial charge in [-0.2, -0.15) is 0 Å². The van der Waals surface area contributed by atoms with Crippen LogP contribution in [0.15, 0.2) is 54.7 Å². The van der Waals surface area contributed by atoms with Crippen LogP contribution in [-0.2, 0) is 4.79 Å². The maximum absolute atomic E-state index is 12.3. The number of Topliss-reactive ketones (excluding diaryl/α,β-unsaturated/α-hetero) is 1. The number of carbonyl (C=O) groups is 2. The molecule has 122 valence electrons. The molecule has 2 N–H and O–H groups in total. The second-order valence-corrected chi connectivity index (χ2v) is 6.57. The molecule has 1 amide bonds. The van der Waals surface area contributed by atoms with Crippen molar-refractivity contribution in [3.63, 3.8) is 0 Å². The predicted octanol–water partition coefficient (Wildman–Crippen LogP) is 4.03. The number of amides is 1. The van der Waals surface area contributed by atoms with E-state index in [1.807, 2.05) is 55.5 Å². The van der Waals surface area contributed by atoms with Crippen LogP contribution in [0.5, 0.6) is 0 Å². The predicted molar refractivity (Wildman–Crippen MR) is 99.8 cm³/mol. The van der Waals surface area contributed by atoms with Gasteiger partial charge in [0.25, 0.3) is 0 Å². The third-order valence-electron chi connectivity index (χ3n) is 3.66. The van der Waals surface area contributed by atoms with Gasteiger partial charge in [-0.05, 0) is 30.7 Å². The van der Waals surface area contributed by atoms with Gasteiger partial charge in [0.15, 0.2) is 5.78 Å². The minimum absolute atomic E-state index is 0.0285. The summed E-state index contributed by atoms with van der Waals surface area (Å²) in [6, 6.07) is 15.4. The second kappa shape index (κ2) is 7.36. The van der Waals surface area contributed by atoms with Gasteiger partial charge in [0, 0.05) is 28.4 Å². The highest BCUT2D eigenvalue weighted by Crippen LogP contribution is 2.19. The highest BCUT2D eigenvalue weighted by atomic mass is 32.2. The molecule has 3 rings (SSSR count). The van der Waals surface area contributed by atoms with E-state index in [9.17, 15) is 9.59 Å². The fourth-order valence-electron chi connectivity index (χ4n) is 2.54. The number of hydrogen-bond donors (Lipinski definition) is 2. The molecular weight excluding hydrogens is 320 g/mol. The van der Waals surface area contributed by atoms with Gasteiger partial charge in [-0.15, -0.1) is 11.8 Å². The quantitative estimate of drug-likeness (QED) is 0.667. The van der Waals surface area contributed by atoms with E-state index in [-0.39, 0.29) is 23.2 Å². The summed E-state index contributed by atoms with van der Waals surface area (Å²) in [5, 5.41) is 3.77. The third-order valence-corrected chi connectivity index (χ3v) is 4.59. The Kier molecular flexibility index (Phi) is 5.01. The molecule has 0 aliphatic rings. The summed E-state index contributed by atoms with van der Waals surface area (Å²) in [5.41, 5.74) is 3.50. The Hall–Kier alpha value is -2.53. The van der Waals surface area contributed by atoms with E-state index in [4.69, 9.17) is 0 Å². The molecule has 1 aromatic heterocycles. The van der Waals surface area contributed by atoms with E-state index in [1.54, 1.807) is 6.20 Å². The van der Waals surface area contributed by atoms with Gasteiger partial charge in [0.2, 0.25) is 5.91 Å². The minimum atomic E-state index is -0.0997. The fraction of sp³-hybridized carbons (Fsp3) is 0.158. The number of hydrogen-bond acceptors (Lipinski definition) is 3. The van der Waals surface area contributed by atoms with Crippen molar-refractivity contribution < 1.29 is 9.59 Å². The van der Waals surface area contributed by atoms with Crippen LogP contribution in [0.3, 0.4) is 0 Å². The lowest BCUT2D eigenvalue weighted by atomic mass is 10.1. The Balaban J connectivity index is 1.52. The molecule has 0 saturated carbocycles. The van der Waals surface area contributed by atoms with Crippen molar-refractivity contribution in [1.82, 2.24) is 4.98 Å². The molecule has 0 unspecified atom stereocenters. The van der Waals surface area contributed by atoms with Gasteiger partial charge >= 0.3 is 0 Å². The minimum Gasteiger partial charge on any atom is -0.360 e. The van der Waals surface area contributed by atoms with Crippen LogP contribution in [0.25, 0.3) is 10.9 Å². The monoisotopic (exact) mass is 338 g/mol. The third kappa shape index (κ3) is 3.86. The normalized spacial score (nSPS) is 10.7. The molecule has 0 spiro atoms. The van der Waals surface area contributed by atoms with Crippen LogP contribution in [-0.4, -0.2) is 28.2 Å².